The van der Waals surface area contributed by atoms with E-state index in [1.807, 2.05) is 0 Å². The molecule has 0 saturated heterocycles. The van der Waals surface area contributed by atoms with Crippen molar-refractivity contribution in [1.82, 2.24) is 35.5 Å². The van der Waals surface area contributed by atoms with Crippen molar-refractivity contribution in [2.45, 2.75) is 25.4 Å². The summed E-state index contributed by atoms with van der Waals surface area (Å²) in [5.74, 6) is -2.55. The number of carboxylic acid groups (broad SMARTS) is 1. The largest absolute Gasteiger partial charge is 0.480 e. The van der Waals surface area contributed by atoms with Crippen molar-refractivity contribution in [3.63, 3.8) is 0 Å². The monoisotopic (exact) mass is 388 g/mol. The predicted molar refractivity (Wildman–Crippen MR) is 88.5 cm³/mol. The van der Waals surface area contributed by atoms with Crippen LogP contribution in [0, 0.1) is 0 Å². The number of benzene rings is 1. The van der Waals surface area contributed by atoms with Gasteiger partial charge in [0.1, 0.15) is 23.6 Å². The molecule has 1 unspecified atom stereocenters. The first kappa shape index (κ1) is 17.3. The summed E-state index contributed by atoms with van der Waals surface area (Å²) in [6.45, 7) is -0.268. The zero-order valence-corrected chi connectivity index (χ0v) is 14.0. The second-order valence-electron chi connectivity index (χ2n) is 5.96. The molecule has 0 aliphatic carbocycles. The van der Waals surface area contributed by atoms with Crippen LogP contribution in [0.1, 0.15) is 12.8 Å². The number of carbonyl (C=O) groups is 3. The van der Waals surface area contributed by atoms with Crippen LogP contribution in [0.5, 0.6) is 0 Å². The van der Waals surface area contributed by atoms with Crippen LogP contribution in [0.4, 0.5) is 0 Å². The van der Waals surface area contributed by atoms with Gasteiger partial charge in [-0.05, 0) is 27.0 Å². The summed E-state index contributed by atoms with van der Waals surface area (Å²) in [4.78, 5) is 38.7. The lowest BCUT2D eigenvalue weighted by molar-refractivity contribution is -0.142. The normalized spacial score (nSPS) is 12.6. The van der Waals surface area contributed by atoms with E-state index in [-0.39, 0.29) is 24.9 Å². The molecule has 2 amide bonds. The fourth-order valence-corrected chi connectivity index (χ4v) is 2.86. The van der Waals surface area contributed by atoms with E-state index < -0.39 is 23.8 Å². The number of imidazole rings is 1. The minimum atomic E-state index is -1.27. The van der Waals surface area contributed by atoms with Gasteiger partial charge < -0.3 is 20.7 Å². The van der Waals surface area contributed by atoms with Gasteiger partial charge in [-0.2, -0.15) is 0 Å². The third-order valence-electron chi connectivity index (χ3n) is 4.11. The fourth-order valence-electron chi connectivity index (χ4n) is 2.86. The van der Waals surface area contributed by atoms with E-state index in [1.165, 1.54) is 10.9 Å². The molecule has 0 radical (unpaired) electrons. The minimum Gasteiger partial charge on any atom is -0.480 e. The number of rotatable bonds is 7. The molecule has 0 aliphatic rings. The molecular weight excluding hydrogens is 376 g/mol. The van der Waals surface area contributed by atoms with E-state index in [9.17, 15) is 19.5 Å². The Morgan fingerprint density at radius 2 is 1.68 bits per heavy atom. The summed E-state index contributed by atoms with van der Waals surface area (Å²) >= 11 is 0. The molecule has 144 valence electrons. The second-order valence-corrected chi connectivity index (χ2v) is 5.96. The number of carboxylic acids is 1. The molecule has 4 N–H and O–H groups in total. The molecule has 0 fully saturated rings. The summed E-state index contributed by atoms with van der Waals surface area (Å²) in [5, 5.41) is 26.7. The van der Waals surface area contributed by atoms with Gasteiger partial charge in [-0.3, -0.25) is 9.59 Å². The van der Waals surface area contributed by atoms with Gasteiger partial charge in [0.25, 0.3) is 0 Å². The molecule has 14 heteroatoms. The SMILES string of the molecule is NC(=O)CCC(NC(=O)Cn1cnc2c3nonc3c3nonc3c21)C(=O)O. The minimum absolute atomic E-state index is 0.121. The third kappa shape index (κ3) is 2.85. The highest BCUT2D eigenvalue weighted by Crippen LogP contribution is 2.30. The van der Waals surface area contributed by atoms with Gasteiger partial charge >= 0.3 is 5.97 Å². The smallest absolute Gasteiger partial charge is 0.326 e. The Labute approximate surface area is 153 Å². The number of carbonyl (C=O) groups excluding carboxylic acids is 2. The van der Waals surface area contributed by atoms with Gasteiger partial charge in [-0.25, -0.2) is 19.0 Å². The van der Waals surface area contributed by atoms with Crippen molar-refractivity contribution in [3.8, 4) is 0 Å². The number of hydrogen-bond acceptors (Lipinski definition) is 10. The summed E-state index contributed by atoms with van der Waals surface area (Å²) in [5.41, 5.74) is 7.02. The Morgan fingerprint density at radius 3 is 2.32 bits per heavy atom. The van der Waals surface area contributed by atoms with Crippen molar-refractivity contribution >= 4 is 50.9 Å². The van der Waals surface area contributed by atoms with E-state index >= 15 is 0 Å². The molecule has 3 aromatic heterocycles. The lowest BCUT2D eigenvalue weighted by Gasteiger charge is -2.14. The number of amides is 2. The Balaban J connectivity index is 1.65. The quantitative estimate of drug-likeness (QED) is 0.348. The Kier molecular flexibility index (Phi) is 4.06. The summed E-state index contributed by atoms with van der Waals surface area (Å²) in [6, 6.07) is -1.25. The van der Waals surface area contributed by atoms with Crippen LogP contribution in [0.25, 0.3) is 33.1 Å². The van der Waals surface area contributed by atoms with Gasteiger partial charge in [-0.15, -0.1) is 0 Å². The average molecular weight is 388 g/mol. The highest BCUT2D eigenvalue weighted by molar-refractivity contribution is 6.17. The second kappa shape index (κ2) is 6.57. The van der Waals surface area contributed by atoms with Crippen molar-refractivity contribution in [3.05, 3.63) is 6.33 Å². The van der Waals surface area contributed by atoms with Crippen LogP contribution >= 0.6 is 0 Å². The number of nitrogens with two attached hydrogens (primary N) is 1. The lowest BCUT2D eigenvalue weighted by Crippen LogP contribution is -2.42. The van der Waals surface area contributed by atoms with Gasteiger partial charge in [0, 0.05) is 6.42 Å². The van der Waals surface area contributed by atoms with Gasteiger partial charge in [0.2, 0.25) is 11.8 Å². The maximum absolute atomic E-state index is 12.4. The van der Waals surface area contributed by atoms with E-state index in [0.29, 0.717) is 27.6 Å². The number of aromatic nitrogens is 6. The van der Waals surface area contributed by atoms with E-state index in [1.54, 1.807) is 0 Å². The first-order valence-electron chi connectivity index (χ1n) is 7.97. The van der Waals surface area contributed by atoms with Crippen LogP contribution in [0.2, 0.25) is 0 Å². The first-order chi connectivity index (χ1) is 13.5. The molecule has 4 aromatic rings. The van der Waals surface area contributed by atoms with Crippen molar-refractivity contribution in [2.75, 3.05) is 0 Å². The zero-order chi connectivity index (χ0) is 19.8. The molecule has 0 saturated carbocycles. The number of nitrogens with zero attached hydrogens (tertiary/aromatic N) is 6. The van der Waals surface area contributed by atoms with Crippen LogP contribution in [-0.2, 0) is 20.9 Å². The maximum Gasteiger partial charge on any atom is 0.326 e. The van der Waals surface area contributed by atoms with Crippen LogP contribution in [0.15, 0.2) is 15.6 Å². The van der Waals surface area contributed by atoms with Crippen molar-refractivity contribution in [1.29, 1.82) is 0 Å². The Bertz CT molecular complexity index is 1190. The summed E-state index contributed by atoms with van der Waals surface area (Å²) in [7, 11) is 0. The van der Waals surface area contributed by atoms with Crippen molar-refractivity contribution in [2.24, 2.45) is 5.73 Å². The van der Waals surface area contributed by atoms with Crippen LogP contribution in [0.3, 0.4) is 0 Å². The molecule has 0 bridgehead atoms. The molecule has 0 spiro atoms. The third-order valence-corrected chi connectivity index (χ3v) is 4.11. The summed E-state index contributed by atoms with van der Waals surface area (Å²) in [6.07, 6.45) is 1.07. The number of nitrogens with one attached hydrogen (secondary N) is 1. The molecule has 28 heavy (non-hydrogen) atoms. The van der Waals surface area contributed by atoms with Gasteiger partial charge in [0.15, 0.2) is 22.1 Å². The molecule has 3 heterocycles. The lowest BCUT2D eigenvalue weighted by atomic mass is 10.1. The standard InChI is InChI=1S/C14H12N8O6/c15-6(23)2-1-5(14(25)26)17-7(24)3-22-4-16-11-9-8(18-27-19-9)10-12(13(11)22)21-28-20-10/h4-5H,1-3H2,(H2,15,23)(H,17,24)(H,25,26). The highest BCUT2D eigenvalue weighted by Gasteiger charge is 2.24. The van der Waals surface area contributed by atoms with Gasteiger partial charge in [-0.1, -0.05) is 0 Å². The van der Waals surface area contributed by atoms with Gasteiger partial charge in [0.05, 0.1) is 6.33 Å². The molecule has 0 aliphatic heterocycles. The highest BCUT2D eigenvalue weighted by atomic mass is 16.6. The maximum atomic E-state index is 12.4. The van der Waals surface area contributed by atoms with Crippen LogP contribution < -0.4 is 11.1 Å². The predicted octanol–water partition coefficient (Wildman–Crippen LogP) is -1.06. The molecule has 1 atom stereocenters. The Morgan fingerprint density at radius 1 is 1.07 bits per heavy atom. The number of hydrogen-bond donors (Lipinski definition) is 3. The Hall–Kier alpha value is -4.10. The zero-order valence-electron chi connectivity index (χ0n) is 14.0. The van der Waals surface area contributed by atoms with E-state index in [4.69, 9.17) is 15.0 Å². The number of aliphatic carboxylic acids is 1. The topological polar surface area (TPSA) is 205 Å². The molecule has 1 aromatic carbocycles. The van der Waals surface area contributed by atoms with E-state index in [2.05, 4.69) is 30.9 Å². The molecule has 4 rings (SSSR count). The number of fused-ring (bicyclic) bond motifs is 6. The molecular formula is C14H12N8O6. The van der Waals surface area contributed by atoms with E-state index in [0.717, 1.165) is 0 Å². The summed E-state index contributed by atoms with van der Waals surface area (Å²) < 4.78 is 10.9. The van der Waals surface area contributed by atoms with Crippen molar-refractivity contribution < 1.29 is 28.7 Å². The fraction of sp³-hybridized carbons (Fsp3) is 0.286. The number of primary amides is 1. The average Bonchev–Trinajstić information content (AvgIpc) is 3.35. The van der Waals surface area contributed by atoms with Crippen LogP contribution in [-0.4, -0.2) is 59.1 Å². The molecule has 14 nitrogen and oxygen atoms in total. The first-order valence-corrected chi connectivity index (χ1v) is 7.97.